The van der Waals surface area contributed by atoms with Crippen molar-refractivity contribution in [2.24, 2.45) is 13.0 Å². The monoisotopic (exact) mass is 373 g/mol. The summed E-state index contributed by atoms with van der Waals surface area (Å²) in [6.45, 7) is 4.15. The number of aromatic nitrogens is 4. The molecule has 0 spiro atoms. The van der Waals surface area contributed by atoms with Crippen LogP contribution in [0.15, 0.2) is 60.7 Å². The minimum absolute atomic E-state index is 0.177. The minimum atomic E-state index is -0.214. The van der Waals surface area contributed by atoms with Crippen molar-refractivity contribution in [2.45, 2.75) is 19.9 Å². The van der Waals surface area contributed by atoms with Gasteiger partial charge in [-0.05, 0) is 24.1 Å². The number of hydrogen-bond acceptors (Lipinski definition) is 3. The smallest absolute Gasteiger partial charge is 0.269 e. The van der Waals surface area contributed by atoms with E-state index < -0.39 is 0 Å². The summed E-state index contributed by atoms with van der Waals surface area (Å²) < 4.78 is 2.04. The number of aryl methyl sites for hydroxylation is 1. The van der Waals surface area contributed by atoms with Gasteiger partial charge in [0.1, 0.15) is 11.5 Å². The molecule has 0 saturated carbocycles. The van der Waals surface area contributed by atoms with E-state index in [9.17, 15) is 4.79 Å². The number of H-pyrrole nitrogens is 1. The molecule has 0 aliphatic heterocycles. The van der Waals surface area contributed by atoms with Crippen LogP contribution in [0.1, 0.15) is 36.2 Å². The molecule has 0 aliphatic rings. The second-order valence-corrected chi connectivity index (χ2v) is 7.25. The number of benzene rings is 2. The van der Waals surface area contributed by atoms with Gasteiger partial charge in [0.25, 0.3) is 5.91 Å². The van der Waals surface area contributed by atoms with Crippen LogP contribution in [0.3, 0.4) is 0 Å². The fraction of sp³-hybridized carbons (Fsp3) is 0.227. The van der Waals surface area contributed by atoms with E-state index in [2.05, 4.69) is 29.4 Å². The third kappa shape index (κ3) is 3.29. The van der Waals surface area contributed by atoms with Gasteiger partial charge in [0.2, 0.25) is 0 Å². The first-order valence-corrected chi connectivity index (χ1v) is 9.37. The lowest BCUT2D eigenvalue weighted by atomic mass is 10.0. The molecule has 2 heterocycles. The average molecular weight is 373 g/mol. The van der Waals surface area contributed by atoms with Crippen molar-refractivity contribution in [1.29, 1.82) is 0 Å². The number of rotatable bonds is 5. The highest BCUT2D eigenvalue weighted by Gasteiger charge is 2.25. The van der Waals surface area contributed by atoms with Gasteiger partial charge in [-0.1, -0.05) is 56.3 Å². The van der Waals surface area contributed by atoms with Crippen molar-refractivity contribution < 1.29 is 4.79 Å². The summed E-state index contributed by atoms with van der Waals surface area (Å²) in [5.41, 5.74) is 4.12. The quantitative estimate of drug-likeness (QED) is 0.553. The first kappa shape index (κ1) is 18.0. The SMILES string of the molecule is CC(C)[C@H](NC(=O)c1cc(-c2ccccc2)n[nH]1)c1nc2ccccc2n1C. The highest BCUT2D eigenvalue weighted by Crippen LogP contribution is 2.25. The summed E-state index contributed by atoms with van der Waals surface area (Å²) in [6, 6.07) is 19.3. The molecule has 6 nitrogen and oxygen atoms in total. The predicted molar refractivity (Wildman–Crippen MR) is 110 cm³/mol. The summed E-state index contributed by atoms with van der Waals surface area (Å²) in [6.07, 6.45) is 0. The summed E-state index contributed by atoms with van der Waals surface area (Å²) in [5.74, 6) is 0.823. The summed E-state index contributed by atoms with van der Waals surface area (Å²) in [7, 11) is 1.98. The molecular weight excluding hydrogens is 350 g/mol. The van der Waals surface area contributed by atoms with Crippen molar-refractivity contribution >= 4 is 16.9 Å². The topological polar surface area (TPSA) is 75.6 Å². The molecule has 4 aromatic rings. The fourth-order valence-corrected chi connectivity index (χ4v) is 3.39. The van der Waals surface area contributed by atoms with E-state index in [1.54, 1.807) is 6.07 Å². The number of nitrogens with one attached hydrogen (secondary N) is 2. The van der Waals surface area contributed by atoms with Gasteiger partial charge in [-0.3, -0.25) is 9.89 Å². The Morgan fingerprint density at radius 3 is 2.50 bits per heavy atom. The molecule has 2 aromatic heterocycles. The van der Waals surface area contributed by atoms with Crippen LogP contribution in [0.5, 0.6) is 0 Å². The van der Waals surface area contributed by atoms with Gasteiger partial charge in [-0.25, -0.2) is 4.98 Å². The van der Waals surface area contributed by atoms with E-state index >= 15 is 0 Å². The average Bonchev–Trinajstić information content (AvgIpc) is 3.32. The molecule has 4 rings (SSSR count). The molecule has 142 valence electrons. The standard InChI is InChI=1S/C22H23N5O/c1-14(2)20(21-23-16-11-7-8-12-19(16)27(21)3)24-22(28)18-13-17(25-26-18)15-9-5-4-6-10-15/h4-14,20H,1-3H3,(H,24,28)(H,25,26)/t20-/m0/s1. The summed E-state index contributed by atoms with van der Waals surface area (Å²) in [5, 5.41) is 10.3. The third-order valence-electron chi connectivity index (χ3n) is 4.95. The number of nitrogens with zero attached hydrogens (tertiary/aromatic N) is 3. The number of carbonyl (C=O) groups is 1. The number of para-hydroxylation sites is 2. The number of carbonyl (C=O) groups excluding carboxylic acids is 1. The maximum absolute atomic E-state index is 12.9. The molecule has 28 heavy (non-hydrogen) atoms. The molecule has 0 unspecified atom stereocenters. The Kier molecular flexibility index (Phi) is 4.69. The Bertz CT molecular complexity index is 1110. The van der Waals surface area contributed by atoms with Gasteiger partial charge >= 0.3 is 0 Å². The maximum atomic E-state index is 12.9. The van der Waals surface area contributed by atoms with Crippen LogP contribution in [0.4, 0.5) is 0 Å². The molecule has 2 aromatic carbocycles. The zero-order valence-electron chi connectivity index (χ0n) is 16.2. The minimum Gasteiger partial charge on any atom is -0.341 e. The maximum Gasteiger partial charge on any atom is 0.269 e. The summed E-state index contributed by atoms with van der Waals surface area (Å²) in [4.78, 5) is 17.6. The van der Waals surface area contributed by atoms with Gasteiger partial charge < -0.3 is 9.88 Å². The molecule has 1 atom stereocenters. The molecule has 2 N–H and O–H groups in total. The Hall–Kier alpha value is -3.41. The normalized spacial score (nSPS) is 12.4. The Balaban J connectivity index is 1.61. The van der Waals surface area contributed by atoms with E-state index in [1.807, 2.05) is 66.2 Å². The lowest BCUT2D eigenvalue weighted by molar-refractivity contribution is 0.0917. The van der Waals surface area contributed by atoms with E-state index in [4.69, 9.17) is 4.98 Å². The van der Waals surface area contributed by atoms with E-state index in [-0.39, 0.29) is 17.9 Å². The molecule has 0 saturated heterocycles. The van der Waals surface area contributed by atoms with Gasteiger partial charge in [-0.2, -0.15) is 5.10 Å². The Labute approximate surface area is 163 Å². The van der Waals surface area contributed by atoms with E-state index in [0.717, 1.165) is 28.1 Å². The van der Waals surface area contributed by atoms with Crippen molar-refractivity contribution in [3.63, 3.8) is 0 Å². The molecule has 0 bridgehead atoms. The Morgan fingerprint density at radius 2 is 1.79 bits per heavy atom. The highest BCUT2D eigenvalue weighted by atomic mass is 16.2. The molecular formula is C22H23N5O. The molecule has 0 radical (unpaired) electrons. The highest BCUT2D eigenvalue weighted by molar-refractivity contribution is 5.93. The fourth-order valence-electron chi connectivity index (χ4n) is 3.39. The molecule has 6 heteroatoms. The van der Waals surface area contributed by atoms with Crippen molar-refractivity contribution in [1.82, 2.24) is 25.1 Å². The zero-order valence-corrected chi connectivity index (χ0v) is 16.2. The largest absolute Gasteiger partial charge is 0.341 e. The first-order chi connectivity index (χ1) is 13.5. The van der Waals surface area contributed by atoms with E-state index in [0.29, 0.717) is 5.69 Å². The summed E-state index contributed by atoms with van der Waals surface area (Å²) >= 11 is 0. The van der Waals surface area contributed by atoms with Crippen molar-refractivity contribution in [3.8, 4) is 11.3 Å². The number of imidazole rings is 1. The van der Waals surface area contributed by atoms with Gasteiger partial charge in [0.05, 0.1) is 22.8 Å². The van der Waals surface area contributed by atoms with Crippen LogP contribution in [-0.2, 0) is 7.05 Å². The van der Waals surface area contributed by atoms with Crippen molar-refractivity contribution in [3.05, 3.63) is 72.2 Å². The molecule has 0 aliphatic carbocycles. The number of hydrogen-bond donors (Lipinski definition) is 2. The van der Waals surface area contributed by atoms with Crippen molar-refractivity contribution in [2.75, 3.05) is 0 Å². The van der Waals surface area contributed by atoms with Gasteiger partial charge in [-0.15, -0.1) is 0 Å². The van der Waals surface area contributed by atoms with Crippen LogP contribution < -0.4 is 5.32 Å². The van der Waals surface area contributed by atoms with Gasteiger partial charge in [0.15, 0.2) is 0 Å². The lowest BCUT2D eigenvalue weighted by Crippen LogP contribution is -2.33. The Morgan fingerprint density at radius 1 is 1.07 bits per heavy atom. The van der Waals surface area contributed by atoms with Crippen LogP contribution in [0, 0.1) is 5.92 Å². The zero-order chi connectivity index (χ0) is 19.7. The van der Waals surface area contributed by atoms with Gasteiger partial charge in [0, 0.05) is 12.6 Å². The van der Waals surface area contributed by atoms with E-state index in [1.165, 1.54) is 0 Å². The van der Waals surface area contributed by atoms with Crippen LogP contribution in [0.2, 0.25) is 0 Å². The van der Waals surface area contributed by atoms with Crippen LogP contribution in [-0.4, -0.2) is 25.7 Å². The second kappa shape index (κ2) is 7.31. The number of aromatic amines is 1. The number of amides is 1. The third-order valence-corrected chi connectivity index (χ3v) is 4.95. The molecule has 1 amide bonds. The first-order valence-electron chi connectivity index (χ1n) is 9.37. The van der Waals surface area contributed by atoms with Crippen LogP contribution >= 0.6 is 0 Å². The van der Waals surface area contributed by atoms with Crippen LogP contribution in [0.25, 0.3) is 22.3 Å². The second-order valence-electron chi connectivity index (χ2n) is 7.25. The predicted octanol–water partition coefficient (Wildman–Crippen LogP) is 4.09. The lowest BCUT2D eigenvalue weighted by Gasteiger charge is -2.21. The number of fused-ring (bicyclic) bond motifs is 1. The molecule has 0 fully saturated rings.